The quantitative estimate of drug-likeness (QED) is 0.418. The van der Waals surface area contributed by atoms with E-state index in [2.05, 4.69) is 0 Å². The topological polar surface area (TPSA) is 72.3 Å². The normalized spacial score (nSPS) is 44.6. The SMILES string of the molecule is NC[C@]1(N)C[C@H]1CO. The fourth-order valence-electron chi connectivity index (χ4n) is 0.896. The van der Waals surface area contributed by atoms with Gasteiger partial charge < -0.3 is 16.6 Å². The van der Waals surface area contributed by atoms with Crippen LogP contribution >= 0.6 is 0 Å². The van der Waals surface area contributed by atoms with Crippen molar-refractivity contribution in [2.24, 2.45) is 17.4 Å². The van der Waals surface area contributed by atoms with Gasteiger partial charge in [0, 0.05) is 24.6 Å². The van der Waals surface area contributed by atoms with Crippen LogP contribution in [0.15, 0.2) is 0 Å². The van der Waals surface area contributed by atoms with Crippen LogP contribution in [0.4, 0.5) is 0 Å². The summed E-state index contributed by atoms with van der Waals surface area (Å²) in [5.41, 5.74) is 10.7. The average Bonchev–Trinajstić information content (AvgIpc) is 2.44. The zero-order valence-electron chi connectivity index (χ0n) is 4.80. The summed E-state index contributed by atoms with van der Waals surface area (Å²) in [7, 11) is 0. The maximum atomic E-state index is 8.54. The second kappa shape index (κ2) is 1.69. The third-order valence-electron chi connectivity index (χ3n) is 1.88. The highest BCUT2D eigenvalue weighted by molar-refractivity contribution is 5.08. The van der Waals surface area contributed by atoms with Crippen LogP contribution in [-0.2, 0) is 0 Å². The standard InChI is InChI=1S/C5H12N2O/c6-3-5(7)1-4(5)2-8/h4,8H,1-3,6-7H2/t4-,5+/m0/s1. The van der Waals surface area contributed by atoms with Gasteiger partial charge in [0.1, 0.15) is 0 Å². The van der Waals surface area contributed by atoms with Gasteiger partial charge in [-0.15, -0.1) is 0 Å². The van der Waals surface area contributed by atoms with E-state index in [0.29, 0.717) is 6.54 Å². The minimum absolute atomic E-state index is 0.188. The van der Waals surface area contributed by atoms with Gasteiger partial charge >= 0.3 is 0 Å². The molecular weight excluding hydrogens is 104 g/mol. The van der Waals surface area contributed by atoms with E-state index in [-0.39, 0.29) is 18.1 Å². The van der Waals surface area contributed by atoms with Crippen molar-refractivity contribution in [3.05, 3.63) is 0 Å². The van der Waals surface area contributed by atoms with Gasteiger partial charge in [-0.1, -0.05) is 0 Å². The van der Waals surface area contributed by atoms with E-state index >= 15 is 0 Å². The summed E-state index contributed by atoms with van der Waals surface area (Å²) in [5.74, 6) is 0.271. The predicted molar refractivity (Wildman–Crippen MR) is 31.2 cm³/mol. The lowest BCUT2D eigenvalue weighted by atomic mass is 10.2. The molecule has 8 heavy (non-hydrogen) atoms. The van der Waals surface area contributed by atoms with Gasteiger partial charge in [0.2, 0.25) is 0 Å². The smallest absolute Gasteiger partial charge is 0.0478 e. The summed E-state index contributed by atoms with van der Waals surface area (Å²) in [6.45, 7) is 0.686. The van der Waals surface area contributed by atoms with Crippen molar-refractivity contribution in [3.8, 4) is 0 Å². The molecule has 1 aliphatic rings. The molecule has 0 spiro atoms. The molecule has 0 radical (unpaired) electrons. The van der Waals surface area contributed by atoms with E-state index in [4.69, 9.17) is 16.6 Å². The second-order valence-corrected chi connectivity index (χ2v) is 2.52. The van der Waals surface area contributed by atoms with E-state index in [9.17, 15) is 0 Å². The third-order valence-corrected chi connectivity index (χ3v) is 1.88. The van der Waals surface area contributed by atoms with Crippen LogP contribution in [0.2, 0.25) is 0 Å². The molecule has 5 N–H and O–H groups in total. The molecule has 1 rings (SSSR count). The number of aliphatic hydroxyl groups excluding tert-OH is 1. The molecule has 0 amide bonds. The zero-order chi connectivity index (χ0) is 6.20. The molecule has 0 aromatic rings. The fraction of sp³-hybridized carbons (Fsp3) is 1.00. The van der Waals surface area contributed by atoms with Crippen molar-refractivity contribution in [3.63, 3.8) is 0 Å². The van der Waals surface area contributed by atoms with Crippen molar-refractivity contribution in [2.75, 3.05) is 13.2 Å². The predicted octanol–water partition coefficient (Wildman–Crippen LogP) is -1.35. The Morgan fingerprint density at radius 3 is 2.50 bits per heavy atom. The van der Waals surface area contributed by atoms with Crippen LogP contribution in [0.25, 0.3) is 0 Å². The first kappa shape index (κ1) is 6.01. The summed E-state index contributed by atoms with van der Waals surface area (Å²) < 4.78 is 0. The van der Waals surface area contributed by atoms with E-state index in [0.717, 1.165) is 6.42 Å². The van der Waals surface area contributed by atoms with Gasteiger partial charge in [-0.05, 0) is 6.42 Å². The molecule has 1 aliphatic carbocycles. The second-order valence-electron chi connectivity index (χ2n) is 2.52. The summed E-state index contributed by atoms with van der Waals surface area (Å²) in [6, 6.07) is 0. The summed E-state index contributed by atoms with van der Waals surface area (Å²) >= 11 is 0. The summed E-state index contributed by atoms with van der Waals surface area (Å²) in [5, 5.41) is 8.54. The number of hydrogen-bond acceptors (Lipinski definition) is 3. The number of aliphatic hydroxyl groups is 1. The molecule has 0 heterocycles. The Hall–Kier alpha value is -0.120. The van der Waals surface area contributed by atoms with Crippen molar-refractivity contribution in [2.45, 2.75) is 12.0 Å². The highest BCUT2D eigenvalue weighted by Gasteiger charge is 2.48. The third kappa shape index (κ3) is 0.727. The van der Waals surface area contributed by atoms with E-state index in [1.165, 1.54) is 0 Å². The highest BCUT2D eigenvalue weighted by Crippen LogP contribution is 2.38. The Kier molecular flexibility index (Phi) is 1.27. The van der Waals surface area contributed by atoms with Crippen LogP contribution < -0.4 is 11.5 Å². The van der Waals surface area contributed by atoms with Crippen molar-refractivity contribution < 1.29 is 5.11 Å². The minimum atomic E-state index is -0.214. The molecule has 0 aromatic carbocycles. The first-order valence-corrected chi connectivity index (χ1v) is 2.83. The Balaban J connectivity index is 2.31. The van der Waals surface area contributed by atoms with Crippen LogP contribution in [0.1, 0.15) is 6.42 Å². The molecule has 0 aromatic heterocycles. The van der Waals surface area contributed by atoms with Crippen LogP contribution in [-0.4, -0.2) is 23.8 Å². The minimum Gasteiger partial charge on any atom is -0.396 e. The van der Waals surface area contributed by atoms with Crippen molar-refractivity contribution in [1.82, 2.24) is 0 Å². The van der Waals surface area contributed by atoms with E-state index in [1.807, 2.05) is 0 Å². The fourth-order valence-corrected chi connectivity index (χ4v) is 0.896. The van der Waals surface area contributed by atoms with E-state index in [1.54, 1.807) is 0 Å². The molecular formula is C5H12N2O. The van der Waals surface area contributed by atoms with Gasteiger partial charge in [0.05, 0.1) is 0 Å². The molecule has 0 unspecified atom stereocenters. The maximum Gasteiger partial charge on any atom is 0.0478 e. The van der Waals surface area contributed by atoms with Crippen LogP contribution in [0.3, 0.4) is 0 Å². The first-order valence-electron chi connectivity index (χ1n) is 2.83. The average molecular weight is 116 g/mol. The Morgan fingerprint density at radius 1 is 1.75 bits per heavy atom. The number of hydrogen-bond donors (Lipinski definition) is 3. The molecule has 0 saturated heterocycles. The molecule has 0 bridgehead atoms. The molecule has 3 heteroatoms. The van der Waals surface area contributed by atoms with Crippen LogP contribution in [0, 0.1) is 5.92 Å². The molecule has 2 atom stereocenters. The Labute approximate surface area is 48.7 Å². The Morgan fingerprint density at radius 2 is 2.38 bits per heavy atom. The van der Waals surface area contributed by atoms with Gasteiger partial charge in [-0.2, -0.15) is 0 Å². The lowest BCUT2D eigenvalue weighted by Crippen LogP contribution is -2.35. The number of rotatable bonds is 2. The molecule has 48 valence electrons. The van der Waals surface area contributed by atoms with Crippen LogP contribution in [0.5, 0.6) is 0 Å². The summed E-state index contributed by atoms with van der Waals surface area (Å²) in [4.78, 5) is 0. The maximum absolute atomic E-state index is 8.54. The van der Waals surface area contributed by atoms with Gasteiger partial charge in [0.15, 0.2) is 0 Å². The first-order chi connectivity index (χ1) is 3.73. The molecule has 0 aliphatic heterocycles. The van der Waals surface area contributed by atoms with Crippen molar-refractivity contribution >= 4 is 0 Å². The monoisotopic (exact) mass is 116 g/mol. The van der Waals surface area contributed by atoms with Gasteiger partial charge in [-0.25, -0.2) is 0 Å². The highest BCUT2D eigenvalue weighted by atomic mass is 16.3. The molecule has 1 saturated carbocycles. The lowest BCUT2D eigenvalue weighted by molar-refractivity contribution is 0.264. The molecule has 3 nitrogen and oxygen atoms in total. The zero-order valence-corrected chi connectivity index (χ0v) is 4.80. The van der Waals surface area contributed by atoms with Gasteiger partial charge in [-0.3, -0.25) is 0 Å². The molecule has 1 fully saturated rings. The Bertz CT molecular complexity index is 96.4. The van der Waals surface area contributed by atoms with Crippen molar-refractivity contribution in [1.29, 1.82) is 0 Å². The largest absolute Gasteiger partial charge is 0.396 e. The van der Waals surface area contributed by atoms with Gasteiger partial charge in [0.25, 0.3) is 0 Å². The lowest BCUT2D eigenvalue weighted by Gasteiger charge is -2.03. The number of nitrogens with two attached hydrogens (primary N) is 2. The summed E-state index contributed by atoms with van der Waals surface area (Å²) in [6.07, 6.45) is 0.889. The van der Waals surface area contributed by atoms with E-state index < -0.39 is 0 Å².